The van der Waals surface area contributed by atoms with E-state index in [-0.39, 0.29) is 23.7 Å². The molecule has 1 aliphatic rings. The van der Waals surface area contributed by atoms with E-state index in [1.54, 1.807) is 19.0 Å². The Morgan fingerprint density at radius 1 is 1.31 bits per heavy atom. The number of hydrogen-bond acceptors (Lipinski definition) is 11. The minimum absolute atomic E-state index is 0.0353. The van der Waals surface area contributed by atoms with Crippen molar-refractivity contribution in [1.29, 1.82) is 0 Å². The molecular formula is C21H27BrN6O8. The second-order valence-corrected chi connectivity index (χ2v) is 9.77. The van der Waals surface area contributed by atoms with Gasteiger partial charge >= 0.3 is 17.9 Å². The second-order valence-electron chi connectivity index (χ2n) is 8.71. The number of fused-ring (bicyclic) bond motifs is 1. The summed E-state index contributed by atoms with van der Waals surface area (Å²) in [4.78, 5) is 64.3. The number of aromatic nitrogens is 4. The highest BCUT2D eigenvalue weighted by atomic mass is 79.9. The van der Waals surface area contributed by atoms with E-state index in [0.717, 1.165) is 0 Å². The van der Waals surface area contributed by atoms with Gasteiger partial charge in [0.15, 0.2) is 23.5 Å². The third-order valence-corrected chi connectivity index (χ3v) is 6.05. The molecule has 0 unspecified atom stereocenters. The van der Waals surface area contributed by atoms with Crippen molar-refractivity contribution in [3.8, 4) is 0 Å². The number of hydrogen-bond donors (Lipinski definition) is 1. The molecule has 0 spiro atoms. The summed E-state index contributed by atoms with van der Waals surface area (Å²) in [6.07, 6.45) is 0.177. The first-order valence-electron chi connectivity index (χ1n) is 10.8. The SMILES string of the molecule is CC(=O)O[C@@H]1[C@@H](Br)[C@@H](COC(=O)C(C)(C)OC(C)=O)O[C@H]1n1cnc2c(=O)[nH]c(/N=C/N(C)C)nc21. The van der Waals surface area contributed by atoms with Crippen LogP contribution in [0.15, 0.2) is 16.1 Å². The third-order valence-electron chi connectivity index (χ3n) is 4.94. The van der Waals surface area contributed by atoms with Gasteiger partial charge in [-0.05, 0) is 13.8 Å². The number of imidazole rings is 1. The summed E-state index contributed by atoms with van der Waals surface area (Å²) in [7, 11) is 3.52. The Morgan fingerprint density at radius 3 is 2.61 bits per heavy atom. The van der Waals surface area contributed by atoms with Crippen LogP contribution in [-0.4, -0.2) is 92.0 Å². The number of aromatic amines is 1. The molecule has 0 aromatic carbocycles. The van der Waals surface area contributed by atoms with Gasteiger partial charge in [0, 0.05) is 27.9 Å². The van der Waals surface area contributed by atoms with Crippen molar-refractivity contribution in [2.45, 2.75) is 56.6 Å². The highest BCUT2D eigenvalue weighted by Crippen LogP contribution is 2.37. The van der Waals surface area contributed by atoms with Crippen LogP contribution in [0.4, 0.5) is 5.95 Å². The first-order valence-corrected chi connectivity index (χ1v) is 11.7. The summed E-state index contributed by atoms with van der Waals surface area (Å²) >= 11 is 3.47. The van der Waals surface area contributed by atoms with E-state index in [2.05, 4.69) is 35.9 Å². The van der Waals surface area contributed by atoms with E-state index in [9.17, 15) is 19.2 Å². The van der Waals surface area contributed by atoms with Gasteiger partial charge in [-0.2, -0.15) is 4.98 Å². The molecule has 0 saturated carbocycles. The maximum atomic E-state index is 12.5. The molecule has 14 nitrogen and oxygen atoms in total. The lowest BCUT2D eigenvalue weighted by Crippen LogP contribution is -2.40. The van der Waals surface area contributed by atoms with Crippen molar-refractivity contribution in [3.63, 3.8) is 0 Å². The summed E-state index contributed by atoms with van der Waals surface area (Å²) in [6, 6.07) is 0. The van der Waals surface area contributed by atoms with E-state index >= 15 is 0 Å². The molecule has 1 saturated heterocycles. The Morgan fingerprint density at radius 2 is 2.00 bits per heavy atom. The maximum Gasteiger partial charge on any atom is 0.350 e. The fourth-order valence-electron chi connectivity index (χ4n) is 3.43. The van der Waals surface area contributed by atoms with E-state index in [4.69, 9.17) is 18.9 Å². The molecule has 1 N–H and O–H groups in total. The standard InChI is InChI=1S/C21H27BrN6O8/c1-10(29)34-15-13(22)12(7-33-19(32)21(3,4)36-11(2)30)35-18(15)28-9-23-14-16(28)25-20(26-17(14)31)24-8-27(5)6/h8-9,12-13,15,18H,7H2,1-6H3,(H,25,26,31)/b24-8+/t12-,13+,15-,18-/m1/s1. The van der Waals surface area contributed by atoms with Crippen LogP contribution in [0, 0.1) is 0 Å². The molecule has 15 heteroatoms. The summed E-state index contributed by atoms with van der Waals surface area (Å²) in [6.45, 7) is 4.99. The summed E-state index contributed by atoms with van der Waals surface area (Å²) in [5.74, 6) is -1.94. The van der Waals surface area contributed by atoms with Crippen LogP contribution >= 0.6 is 15.9 Å². The maximum absolute atomic E-state index is 12.5. The minimum atomic E-state index is -1.50. The van der Waals surface area contributed by atoms with Gasteiger partial charge in [0.2, 0.25) is 11.5 Å². The van der Waals surface area contributed by atoms with Gasteiger partial charge < -0.3 is 23.8 Å². The quantitative estimate of drug-likeness (QED) is 0.157. The van der Waals surface area contributed by atoms with E-state index in [1.807, 2.05) is 0 Å². The zero-order chi connectivity index (χ0) is 26.8. The van der Waals surface area contributed by atoms with E-state index < -0.39 is 52.3 Å². The number of nitrogens with zero attached hydrogens (tertiary/aromatic N) is 5. The van der Waals surface area contributed by atoms with Gasteiger partial charge in [0.05, 0.1) is 17.5 Å². The summed E-state index contributed by atoms with van der Waals surface area (Å²) in [5.41, 5.74) is -1.83. The third kappa shape index (κ3) is 6.07. The van der Waals surface area contributed by atoms with Crippen LogP contribution in [0.5, 0.6) is 0 Å². The highest BCUT2D eigenvalue weighted by molar-refractivity contribution is 9.09. The van der Waals surface area contributed by atoms with Crippen LogP contribution in [0.1, 0.15) is 33.9 Å². The van der Waals surface area contributed by atoms with E-state index in [0.29, 0.717) is 0 Å². The Labute approximate surface area is 214 Å². The molecule has 196 valence electrons. The summed E-state index contributed by atoms with van der Waals surface area (Å²) in [5, 5.41) is 0. The van der Waals surface area contributed by atoms with Gasteiger partial charge in [-0.15, -0.1) is 0 Å². The summed E-state index contributed by atoms with van der Waals surface area (Å²) < 4.78 is 23.3. The normalized spacial score (nSPS) is 22.1. The highest BCUT2D eigenvalue weighted by Gasteiger charge is 2.48. The lowest BCUT2D eigenvalue weighted by molar-refractivity contribution is -0.180. The van der Waals surface area contributed by atoms with E-state index in [1.165, 1.54) is 44.9 Å². The van der Waals surface area contributed by atoms with Gasteiger partial charge in [-0.1, -0.05) is 15.9 Å². The first kappa shape index (κ1) is 27.3. The van der Waals surface area contributed by atoms with Crippen molar-refractivity contribution >= 4 is 57.3 Å². The topological polar surface area (TPSA) is 167 Å². The molecule has 2 aromatic rings. The molecular weight excluding hydrogens is 544 g/mol. The number of H-pyrrole nitrogens is 1. The average Bonchev–Trinajstić information content (AvgIpc) is 3.31. The molecule has 0 aliphatic carbocycles. The second kappa shape index (κ2) is 10.7. The van der Waals surface area contributed by atoms with Crippen LogP contribution in [0.2, 0.25) is 0 Å². The van der Waals surface area contributed by atoms with Crippen molar-refractivity contribution < 1.29 is 33.3 Å². The number of aliphatic imine (C=N–C) groups is 1. The number of rotatable bonds is 8. The van der Waals surface area contributed by atoms with Crippen molar-refractivity contribution in [2.75, 3.05) is 20.7 Å². The molecule has 36 heavy (non-hydrogen) atoms. The molecule has 0 radical (unpaired) electrons. The van der Waals surface area contributed by atoms with Crippen LogP contribution in [-0.2, 0) is 33.3 Å². The van der Waals surface area contributed by atoms with Crippen molar-refractivity contribution in [1.82, 2.24) is 24.4 Å². The molecule has 1 aliphatic heterocycles. The first-order chi connectivity index (χ1) is 16.8. The lowest BCUT2D eigenvalue weighted by Gasteiger charge is -2.23. The Kier molecular flexibility index (Phi) is 8.13. The molecule has 3 heterocycles. The molecule has 0 bridgehead atoms. The monoisotopic (exact) mass is 570 g/mol. The minimum Gasteiger partial charge on any atom is -0.460 e. The fourth-order valence-corrected chi connectivity index (χ4v) is 4.08. The van der Waals surface area contributed by atoms with Crippen molar-refractivity contribution in [3.05, 3.63) is 16.7 Å². The number of esters is 3. The van der Waals surface area contributed by atoms with Crippen LogP contribution in [0.3, 0.4) is 0 Å². The van der Waals surface area contributed by atoms with Crippen LogP contribution < -0.4 is 5.56 Å². The average molecular weight is 571 g/mol. The zero-order valence-corrected chi connectivity index (χ0v) is 22.1. The molecule has 3 rings (SSSR count). The van der Waals surface area contributed by atoms with Gasteiger partial charge in [-0.25, -0.2) is 14.8 Å². The number of carbonyl (C=O) groups is 3. The fraction of sp³-hybridized carbons (Fsp3) is 0.571. The van der Waals surface area contributed by atoms with Gasteiger partial charge in [0.1, 0.15) is 12.7 Å². The predicted octanol–water partition coefficient (Wildman–Crippen LogP) is 0.818. The lowest BCUT2D eigenvalue weighted by atomic mass is 10.1. The van der Waals surface area contributed by atoms with Crippen LogP contribution in [0.25, 0.3) is 11.2 Å². The Hall–Kier alpha value is -3.33. The van der Waals surface area contributed by atoms with Gasteiger partial charge in [-0.3, -0.25) is 23.9 Å². The number of nitrogens with one attached hydrogen (secondary N) is 1. The number of alkyl halides is 1. The van der Waals surface area contributed by atoms with Crippen molar-refractivity contribution in [2.24, 2.45) is 4.99 Å². The smallest absolute Gasteiger partial charge is 0.350 e. The molecule has 0 amide bonds. The Bertz CT molecular complexity index is 1240. The Balaban J connectivity index is 1.90. The number of halogens is 1. The zero-order valence-electron chi connectivity index (χ0n) is 20.6. The molecule has 1 fully saturated rings. The van der Waals surface area contributed by atoms with Gasteiger partial charge in [0.25, 0.3) is 5.56 Å². The molecule has 4 atom stereocenters. The number of carbonyl (C=O) groups excluding carboxylic acids is 3. The largest absolute Gasteiger partial charge is 0.460 e. The number of ether oxygens (including phenoxy) is 4. The molecule has 2 aromatic heterocycles. The predicted molar refractivity (Wildman–Crippen MR) is 129 cm³/mol.